The van der Waals surface area contributed by atoms with Gasteiger partial charge in [-0.05, 0) is 44.0 Å². The number of carbonyl (C=O) groups excluding carboxylic acids is 1. The molecule has 1 fully saturated rings. The highest BCUT2D eigenvalue weighted by Crippen LogP contribution is 2.34. The van der Waals surface area contributed by atoms with Crippen LogP contribution < -0.4 is 13.8 Å². The number of hydrogen-bond acceptors (Lipinski definition) is 5. The molecule has 8 heteroatoms. The number of likely N-dealkylation sites (tertiary alicyclic amines) is 1. The summed E-state index contributed by atoms with van der Waals surface area (Å²) in [4.78, 5) is 15.0. The van der Waals surface area contributed by atoms with E-state index in [-0.39, 0.29) is 17.3 Å². The number of benzene rings is 2. The van der Waals surface area contributed by atoms with Crippen LogP contribution >= 0.6 is 0 Å². The molecule has 1 amide bonds. The summed E-state index contributed by atoms with van der Waals surface area (Å²) in [5, 5.41) is 0. The Balaban J connectivity index is 2.01. The molecule has 0 N–H and O–H groups in total. The molecule has 0 radical (unpaired) electrons. The molecule has 0 saturated carbocycles. The molecule has 1 heterocycles. The van der Waals surface area contributed by atoms with Crippen molar-refractivity contribution >= 4 is 21.6 Å². The summed E-state index contributed by atoms with van der Waals surface area (Å²) in [5.74, 6) is 0.677. The van der Waals surface area contributed by atoms with Gasteiger partial charge < -0.3 is 14.4 Å². The van der Waals surface area contributed by atoms with Gasteiger partial charge in [0.1, 0.15) is 6.54 Å². The third kappa shape index (κ3) is 5.31. The predicted octanol–water partition coefficient (Wildman–Crippen LogP) is 3.61. The van der Waals surface area contributed by atoms with Crippen molar-refractivity contribution in [1.82, 2.24) is 4.90 Å². The van der Waals surface area contributed by atoms with Crippen molar-refractivity contribution in [3.05, 3.63) is 48.0 Å². The van der Waals surface area contributed by atoms with Crippen LogP contribution in [0.3, 0.4) is 0 Å². The minimum absolute atomic E-state index is 0.136. The number of ether oxygens (including phenoxy) is 2. The van der Waals surface area contributed by atoms with Gasteiger partial charge in [0.05, 0.1) is 24.8 Å². The van der Waals surface area contributed by atoms with Crippen molar-refractivity contribution < 1.29 is 22.7 Å². The predicted molar refractivity (Wildman–Crippen MR) is 120 cm³/mol. The van der Waals surface area contributed by atoms with E-state index in [4.69, 9.17) is 9.47 Å². The summed E-state index contributed by atoms with van der Waals surface area (Å²) >= 11 is 0. The van der Waals surface area contributed by atoms with E-state index < -0.39 is 10.0 Å². The lowest BCUT2D eigenvalue weighted by atomic mass is 10.2. The lowest BCUT2D eigenvalue weighted by Crippen LogP contribution is -2.43. The van der Waals surface area contributed by atoms with Gasteiger partial charge in [0.15, 0.2) is 11.5 Å². The van der Waals surface area contributed by atoms with Crippen LogP contribution in [0.2, 0.25) is 0 Å². The van der Waals surface area contributed by atoms with Gasteiger partial charge in [-0.25, -0.2) is 8.42 Å². The molecule has 1 aliphatic rings. The Morgan fingerprint density at radius 3 is 2.13 bits per heavy atom. The molecule has 7 nitrogen and oxygen atoms in total. The van der Waals surface area contributed by atoms with Crippen LogP contribution in [-0.4, -0.2) is 53.1 Å². The minimum Gasteiger partial charge on any atom is -0.493 e. The first-order chi connectivity index (χ1) is 14.9. The Hall–Kier alpha value is -2.74. The monoisotopic (exact) mass is 446 g/mol. The van der Waals surface area contributed by atoms with E-state index >= 15 is 0 Å². The second kappa shape index (κ2) is 10.0. The quantitative estimate of drug-likeness (QED) is 0.649. The smallest absolute Gasteiger partial charge is 0.264 e. The Morgan fingerprint density at radius 1 is 0.935 bits per heavy atom. The van der Waals surface area contributed by atoms with Crippen LogP contribution in [-0.2, 0) is 14.8 Å². The van der Waals surface area contributed by atoms with Gasteiger partial charge >= 0.3 is 0 Å². The molecule has 1 saturated heterocycles. The molecular weight excluding hydrogens is 416 g/mol. The lowest BCUT2D eigenvalue weighted by molar-refractivity contribution is -0.129. The highest BCUT2D eigenvalue weighted by atomic mass is 32.2. The maximum atomic E-state index is 13.6. The Morgan fingerprint density at radius 2 is 1.55 bits per heavy atom. The highest BCUT2D eigenvalue weighted by molar-refractivity contribution is 7.92. The summed E-state index contributed by atoms with van der Waals surface area (Å²) in [7, 11) is -0.965. The first-order valence-corrected chi connectivity index (χ1v) is 11.9. The van der Waals surface area contributed by atoms with E-state index in [2.05, 4.69) is 0 Å². The number of nitrogens with zero attached hydrogens (tertiary/aromatic N) is 2. The molecular formula is C23H30N2O5S. The number of carbonyl (C=O) groups is 1. The Labute approximate surface area is 184 Å². The largest absolute Gasteiger partial charge is 0.493 e. The summed E-state index contributed by atoms with van der Waals surface area (Å²) in [6, 6.07) is 11.5. The molecule has 0 bridgehead atoms. The van der Waals surface area contributed by atoms with Crippen molar-refractivity contribution in [2.24, 2.45) is 0 Å². The van der Waals surface area contributed by atoms with Crippen molar-refractivity contribution in [3.63, 3.8) is 0 Å². The highest BCUT2D eigenvalue weighted by Gasteiger charge is 2.30. The molecule has 0 unspecified atom stereocenters. The molecule has 168 valence electrons. The molecule has 0 aromatic heterocycles. The zero-order valence-electron chi connectivity index (χ0n) is 18.3. The summed E-state index contributed by atoms with van der Waals surface area (Å²) in [6.07, 6.45) is 4.05. The molecule has 31 heavy (non-hydrogen) atoms. The first kappa shape index (κ1) is 22.9. The van der Waals surface area contributed by atoms with Gasteiger partial charge in [0.25, 0.3) is 10.0 Å². The standard InChI is InChI=1S/C23H30N2O5S/c1-18-8-11-20(12-9-18)31(27,28)25(17-23(26)24-14-6-4-5-7-15-24)19-10-13-21(29-2)22(16-19)30-3/h8-13,16H,4-7,14-15,17H2,1-3H3. The number of methoxy groups -OCH3 is 2. The third-order valence-corrected chi connectivity index (χ3v) is 7.29. The second-order valence-corrected chi connectivity index (χ2v) is 9.52. The molecule has 0 spiro atoms. The normalized spacial score (nSPS) is 14.6. The van der Waals surface area contributed by atoms with Crippen molar-refractivity contribution in [1.29, 1.82) is 0 Å². The van der Waals surface area contributed by atoms with Crippen molar-refractivity contribution in [3.8, 4) is 11.5 Å². The van der Waals surface area contributed by atoms with Gasteiger partial charge in [-0.15, -0.1) is 0 Å². The first-order valence-electron chi connectivity index (χ1n) is 10.5. The number of rotatable bonds is 7. The maximum Gasteiger partial charge on any atom is 0.264 e. The Bertz CT molecular complexity index is 997. The van der Waals surface area contributed by atoms with Crippen LogP contribution in [0.15, 0.2) is 47.4 Å². The molecule has 0 aliphatic carbocycles. The molecule has 2 aromatic rings. The van der Waals surface area contributed by atoms with E-state index in [9.17, 15) is 13.2 Å². The zero-order chi connectivity index (χ0) is 22.4. The molecule has 3 rings (SSSR count). The van der Waals surface area contributed by atoms with E-state index in [1.165, 1.54) is 14.2 Å². The molecule has 2 aromatic carbocycles. The zero-order valence-corrected chi connectivity index (χ0v) is 19.2. The van der Waals surface area contributed by atoms with E-state index in [1.54, 1.807) is 47.4 Å². The van der Waals surface area contributed by atoms with E-state index in [0.29, 0.717) is 30.3 Å². The Kier molecular flexibility index (Phi) is 7.43. The average molecular weight is 447 g/mol. The van der Waals surface area contributed by atoms with Gasteiger partial charge in [0.2, 0.25) is 5.91 Å². The average Bonchev–Trinajstić information content (AvgIpc) is 3.06. The number of aryl methyl sites for hydroxylation is 1. The van der Waals surface area contributed by atoms with Crippen molar-refractivity contribution in [2.45, 2.75) is 37.5 Å². The second-order valence-electron chi connectivity index (χ2n) is 7.66. The van der Waals surface area contributed by atoms with Crippen molar-refractivity contribution in [2.75, 3.05) is 38.2 Å². The van der Waals surface area contributed by atoms with Gasteiger partial charge in [-0.2, -0.15) is 0 Å². The lowest BCUT2D eigenvalue weighted by Gasteiger charge is -2.28. The number of hydrogen-bond donors (Lipinski definition) is 0. The fourth-order valence-electron chi connectivity index (χ4n) is 3.68. The maximum absolute atomic E-state index is 13.6. The minimum atomic E-state index is -3.97. The third-order valence-electron chi connectivity index (χ3n) is 5.50. The van der Waals surface area contributed by atoms with Gasteiger partial charge in [-0.1, -0.05) is 30.5 Å². The summed E-state index contributed by atoms with van der Waals surface area (Å²) in [6.45, 7) is 2.93. The number of anilines is 1. The van der Waals surface area contributed by atoms with Crippen LogP contribution in [0, 0.1) is 6.92 Å². The van der Waals surface area contributed by atoms with Crippen LogP contribution in [0.1, 0.15) is 31.2 Å². The van der Waals surface area contributed by atoms with Crippen LogP contribution in [0.4, 0.5) is 5.69 Å². The van der Waals surface area contributed by atoms with Crippen LogP contribution in [0.25, 0.3) is 0 Å². The fourth-order valence-corrected chi connectivity index (χ4v) is 5.08. The van der Waals surface area contributed by atoms with Gasteiger partial charge in [0, 0.05) is 19.2 Å². The SMILES string of the molecule is COc1ccc(N(CC(=O)N2CCCCCC2)S(=O)(=O)c2ccc(C)cc2)cc1OC. The summed E-state index contributed by atoms with van der Waals surface area (Å²) in [5.41, 5.74) is 1.30. The fraction of sp³-hybridized carbons (Fsp3) is 0.435. The van der Waals surface area contributed by atoms with Gasteiger partial charge in [-0.3, -0.25) is 9.10 Å². The van der Waals surface area contributed by atoms with E-state index in [0.717, 1.165) is 35.6 Å². The van der Waals surface area contributed by atoms with E-state index in [1.807, 2.05) is 6.92 Å². The number of sulfonamides is 1. The number of amides is 1. The topological polar surface area (TPSA) is 76.2 Å². The van der Waals surface area contributed by atoms with Crippen LogP contribution in [0.5, 0.6) is 11.5 Å². The summed E-state index contributed by atoms with van der Waals surface area (Å²) < 4.78 is 38.9. The molecule has 1 aliphatic heterocycles. The molecule has 0 atom stereocenters.